The fraction of sp³-hybridized carbons (Fsp3) is 1.00. The number of likely N-dealkylation sites (tertiary alicyclic amines) is 1. The Balaban J connectivity index is 2.10. The molecular formula is C14H27NO3S. The summed E-state index contributed by atoms with van der Waals surface area (Å²) in [5.41, 5.74) is 0. The first-order valence-electron chi connectivity index (χ1n) is 7.67. The van der Waals surface area contributed by atoms with Crippen molar-refractivity contribution in [3.63, 3.8) is 0 Å². The Labute approximate surface area is 117 Å². The zero-order valence-electron chi connectivity index (χ0n) is 12.2. The van der Waals surface area contributed by atoms with Gasteiger partial charge < -0.3 is 0 Å². The fourth-order valence-corrected chi connectivity index (χ4v) is 5.25. The number of hydrogen-bond acceptors (Lipinski definition) is 4. The summed E-state index contributed by atoms with van der Waals surface area (Å²) in [6.45, 7) is 5.68. The molecule has 112 valence electrons. The Morgan fingerprint density at radius 3 is 2.26 bits per heavy atom. The average Bonchev–Trinajstić information content (AvgIpc) is 2.38. The minimum absolute atomic E-state index is 0.179. The van der Waals surface area contributed by atoms with Crippen molar-refractivity contribution in [1.82, 2.24) is 4.90 Å². The summed E-state index contributed by atoms with van der Waals surface area (Å²) >= 11 is 0. The van der Waals surface area contributed by atoms with Crippen molar-refractivity contribution >= 4 is 10.1 Å². The Morgan fingerprint density at radius 1 is 1.00 bits per heavy atom. The second-order valence-electron chi connectivity index (χ2n) is 6.12. The highest BCUT2D eigenvalue weighted by Crippen LogP contribution is 2.31. The second-order valence-corrected chi connectivity index (χ2v) is 7.91. The molecule has 2 aliphatic rings. The second kappa shape index (κ2) is 6.55. The predicted molar refractivity (Wildman–Crippen MR) is 76.6 cm³/mol. The minimum Gasteiger partial charge on any atom is -0.299 e. The van der Waals surface area contributed by atoms with Gasteiger partial charge in [-0.15, -0.1) is 0 Å². The third-order valence-electron chi connectivity index (χ3n) is 4.22. The lowest BCUT2D eigenvalue weighted by molar-refractivity contribution is 0.125. The van der Waals surface area contributed by atoms with Crippen LogP contribution in [-0.2, 0) is 14.3 Å². The van der Waals surface area contributed by atoms with E-state index >= 15 is 0 Å². The minimum atomic E-state index is -3.42. The van der Waals surface area contributed by atoms with Gasteiger partial charge in [0.1, 0.15) is 5.25 Å². The Bertz CT molecular complexity index is 374. The molecule has 2 unspecified atom stereocenters. The van der Waals surface area contributed by atoms with Gasteiger partial charge in [-0.3, -0.25) is 9.08 Å². The highest BCUT2D eigenvalue weighted by atomic mass is 32.2. The standard InChI is InChI=1S/C14H27NO3S/c1-12(2)18-19(16,17)14-9-5-4-8-13(14)15-10-6-3-7-11-15/h12-14H,3-11H2,1-2H3. The lowest BCUT2D eigenvalue weighted by Crippen LogP contribution is -2.51. The molecule has 0 spiro atoms. The van der Waals surface area contributed by atoms with Crippen molar-refractivity contribution in [3.05, 3.63) is 0 Å². The van der Waals surface area contributed by atoms with E-state index in [-0.39, 0.29) is 17.4 Å². The summed E-state index contributed by atoms with van der Waals surface area (Å²) in [5.74, 6) is 0. The quantitative estimate of drug-likeness (QED) is 0.746. The first-order valence-corrected chi connectivity index (χ1v) is 9.14. The topological polar surface area (TPSA) is 46.6 Å². The van der Waals surface area contributed by atoms with Crippen LogP contribution in [0, 0.1) is 0 Å². The van der Waals surface area contributed by atoms with Crippen molar-refractivity contribution in [2.75, 3.05) is 13.1 Å². The van der Waals surface area contributed by atoms with Crippen molar-refractivity contribution < 1.29 is 12.6 Å². The van der Waals surface area contributed by atoms with Crippen molar-refractivity contribution in [1.29, 1.82) is 0 Å². The number of hydrogen-bond donors (Lipinski definition) is 0. The fourth-order valence-electron chi connectivity index (χ4n) is 3.42. The van der Waals surface area contributed by atoms with E-state index in [9.17, 15) is 8.42 Å². The highest BCUT2D eigenvalue weighted by Gasteiger charge is 2.40. The van der Waals surface area contributed by atoms with Crippen LogP contribution in [0.3, 0.4) is 0 Å². The molecule has 0 aromatic heterocycles. The predicted octanol–water partition coefficient (Wildman–Crippen LogP) is 2.54. The first kappa shape index (κ1) is 15.3. The van der Waals surface area contributed by atoms with Crippen LogP contribution in [0.4, 0.5) is 0 Å². The van der Waals surface area contributed by atoms with E-state index in [4.69, 9.17) is 4.18 Å². The van der Waals surface area contributed by atoms with E-state index in [1.54, 1.807) is 13.8 Å². The van der Waals surface area contributed by atoms with E-state index in [1.165, 1.54) is 19.3 Å². The van der Waals surface area contributed by atoms with E-state index in [2.05, 4.69) is 4.90 Å². The van der Waals surface area contributed by atoms with Crippen LogP contribution in [0.1, 0.15) is 58.8 Å². The first-order chi connectivity index (χ1) is 9.00. The van der Waals surface area contributed by atoms with Crippen molar-refractivity contribution in [3.8, 4) is 0 Å². The number of rotatable bonds is 4. The van der Waals surface area contributed by atoms with E-state index in [0.717, 1.165) is 38.8 Å². The van der Waals surface area contributed by atoms with Crippen LogP contribution < -0.4 is 0 Å². The van der Waals surface area contributed by atoms with Crippen LogP contribution >= 0.6 is 0 Å². The maximum atomic E-state index is 12.4. The summed E-state index contributed by atoms with van der Waals surface area (Å²) in [7, 11) is -3.42. The van der Waals surface area contributed by atoms with Gasteiger partial charge >= 0.3 is 0 Å². The molecule has 2 rings (SSSR count). The van der Waals surface area contributed by atoms with Gasteiger partial charge in [-0.1, -0.05) is 19.3 Å². The van der Waals surface area contributed by atoms with Gasteiger partial charge in [-0.25, -0.2) is 0 Å². The van der Waals surface area contributed by atoms with E-state index < -0.39 is 10.1 Å². The molecule has 19 heavy (non-hydrogen) atoms. The zero-order valence-corrected chi connectivity index (χ0v) is 13.0. The van der Waals surface area contributed by atoms with Gasteiger partial charge in [0, 0.05) is 6.04 Å². The summed E-state index contributed by atoms with van der Waals surface area (Å²) < 4.78 is 30.0. The molecule has 0 amide bonds. The molecule has 5 heteroatoms. The molecule has 4 nitrogen and oxygen atoms in total. The molecule has 0 aromatic rings. The molecule has 0 bridgehead atoms. The van der Waals surface area contributed by atoms with Crippen LogP contribution in [0.5, 0.6) is 0 Å². The number of nitrogens with zero attached hydrogens (tertiary/aromatic N) is 1. The third-order valence-corrected chi connectivity index (χ3v) is 6.17. The molecule has 1 aliphatic carbocycles. The monoisotopic (exact) mass is 289 g/mol. The Morgan fingerprint density at radius 2 is 1.63 bits per heavy atom. The molecule has 2 atom stereocenters. The van der Waals surface area contributed by atoms with Gasteiger partial charge in [-0.2, -0.15) is 8.42 Å². The molecule has 1 aliphatic heterocycles. The summed E-state index contributed by atoms with van der Waals surface area (Å²) in [4.78, 5) is 2.40. The molecule has 0 N–H and O–H groups in total. The molecule has 2 fully saturated rings. The third kappa shape index (κ3) is 3.92. The maximum absolute atomic E-state index is 12.4. The van der Waals surface area contributed by atoms with Gasteiger partial charge in [0.15, 0.2) is 0 Å². The van der Waals surface area contributed by atoms with Gasteiger partial charge in [0.05, 0.1) is 6.10 Å². The largest absolute Gasteiger partial charge is 0.299 e. The smallest absolute Gasteiger partial charge is 0.272 e. The number of piperidine rings is 1. The zero-order chi connectivity index (χ0) is 13.9. The lowest BCUT2D eigenvalue weighted by atomic mass is 9.92. The summed E-state index contributed by atoms with van der Waals surface area (Å²) in [6.07, 6.45) is 7.35. The molecular weight excluding hydrogens is 262 g/mol. The Kier molecular flexibility index (Phi) is 5.26. The van der Waals surface area contributed by atoms with Crippen LogP contribution in [0.15, 0.2) is 0 Å². The van der Waals surface area contributed by atoms with Gasteiger partial charge in [-0.05, 0) is 52.6 Å². The van der Waals surface area contributed by atoms with E-state index in [0.29, 0.717) is 0 Å². The normalized spacial score (nSPS) is 30.7. The molecule has 1 saturated heterocycles. The van der Waals surface area contributed by atoms with Gasteiger partial charge in [0.25, 0.3) is 10.1 Å². The van der Waals surface area contributed by atoms with Crippen LogP contribution in [0.2, 0.25) is 0 Å². The summed E-state index contributed by atoms with van der Waals surface area (Å²) in [6, 6.07) is 0.179. The Hall–Kier alpha value is -0.130. The maximum Gasteiger partial charge on any atom is 0.272 e. The molecule has 1 heterocycles. The average molecular weight is 289 g/mol. The molecule has 0 aromatic carbocycles. The van der Waals surface area contributed by atoms with Crippen LogP contribution in [-0.4, -0.2) is 43.8 Å². The van der Waals surface area contributed by atoms with Crippen molar-refractivity contribution in [2.45, 2.75) is 76.2 Å². The lowest BCUT2D eigenvalue weighted by Gasteiger charge is -2.41. The highest BCUT2D eigenvalue weighted by molar-refractivity contribution is 7.87. The van der Waals surface area contributed by atoms with E-state index in [1.807, 2.05) is 0 Å². The van der Waals surface area contributed by atoms with Gasteiger partial charge in [0.2, 0.25) is 0 Å². The molecule has 1 saturated carbocycles. The van der Waals surface area contributed by atoms with Crippen LogP contribution in [0.25, 0.3) is 0 Å². The molecule has 0 radical (unpaired) electrons. The van der Waals surface area contributed by atoms with Crippen molar-refractivity contribution in [2.24, 2.45) is 0 Å². The SMILES string of the molecule is CC(C)OS(=O)(=O)C1CCCCC1N1CCCCC1. The summed E-state index contributed by atoms with van der Waals surface area (Å²) in [5, 5.41) is -0.318.